The van der Waals surface area contributed by atoms with Crippen molar-refractivity contribution in [1.29, 1.82) is 0 Å². The minimum atomic E-state index is 0. The smallest absolute Gasteiger partial charge is 0.156 e. The van der Waals surface area contributed by atoms with Crippen molar-refractivity contribution in [3.63, 3.8) is 0 Å². The number of rotatable bonds is 5. The van der Waals surface area contributed by atoms with E-state index in [9.17, 15) is 0 Å². The number of para-hydroxylation sites is 1. The van der Waals surface area contributed by atoms with Crippen LogP contribution in [-0.2, 0) is 6.54 Å². The van der Waals surface area contributed by atoms with Crippen molar-refractivity contribution in [2.45, 2.75) is 33.2 Å². The lowest BCUT2D eigenvalue weighted by atomic mass is 10.1. The number of halogens is 1. The highest BCUT2D eigenvalue weighted by Crippen LogP contribution is 2.32. The minimum absolute atomic E-state index is 0. The maximum atomic E-state index is 4.77. The zero-order valence-corrected chi connectivity index (χ0v) is 18.9. The third-order valence-corrected chi connectivity index (χ3v) is 6.77. The molecule has 5 nitrogen and oxygen atoms in total. The summed E-state index contributed by atoms with van der Waals surface area (Å²) in [5.41, 5.74) is 5.60. The number of nitrogens with one attached hydrogen (secondary N) is 1. The summed E-state index contributed by atoms with van der Waals surface area (Å²) in [5, 5.41) is 3.53. The fraction of sp³-hybridized carbons (Fsp3) is 0.304. The number of likely N-dealkylation sites (tertiary alicyclic amines) is 1. The molecule has 0 bridgehead atoms. The molecule has 1 saturated heterocycles. The van der Waals surface area contributed by atoms with Crippen LogP contribution in [0.2, 0.25) is 0 Å². The number of benzene rings is 1. The first kappa shape index (κ1) is 20.8. The van der Waals surface area contributed by atoms with Crippen molar-refractivity contribution in [1.82, 2.24) is 19.3 Å². The lowest BCUT2D eigenvalue weighted by molar-refractivity contribution is 0.334. The summed E-state index contributed by atoms with van der Waals surface area (Å²) in [4.78, 5) is 14.4. The Hall–Kier alpha value is -2.41. The van der Waals surface area contributed by atoms with Gasteiger partial charge in [-0.15, -0.1) is 23.7 Å². The second-order valence-corrected chi connectivity index (χ2v) is 8.95. The largest absolute Gasteiger partial charge is 0.338 e. The van der Waals surface area contributed by atoms with E-state index in [0.29, 0.717) is 0 Å². The fourth-order valence-electron chi connectivity index (χ4n) is 4.09. The molecule has 5 rings (SSSR count). The van der Waals surface area contributed by atoms with Crippen LogP contribution in [-0.4, -0.2) is 32.4 Å². The SMILES string of the molecule is Cc1cccc(C)c1Nc1ncc(-c2ccc(CN3CCCC3)s2)n2cncc12.Cl. The zero-order valence-electron chi connectivity index (χ0n) is 17.3. The second-order valence-electron chi connectivity index (χ2n) is 7.78. The van der Waals surface area contributed by atoms with Crippen molar-refractivity contribution in [3.8, 4) is 10.6 Å². The van der Waals surface area contributed by atoms with Gasteiger partial charge in [0.15, 0.2) is 5.82 Å². The molecule has 0 radical (unpaired) electrons. The number of hydrogen-bond donors (Lipinski definition) is 1. The number of hydrogen-bond acceptors (Lipinski definition) is 5. The van der Waals surface area contributed by atoms with Gasteiger partial charge in [-0.1, -0.05) is 18.2 Å². The molecule has 0 unspecified atom stereocenters. The molecule has 0 saturated carbocycles. The van der Waals surface area contributed by atoms with E-state index in [1.165, 1.54) is 46.8 Å². The first-order valence-electron chi connectivity index (χ1n) is 10.1. The van der Waals surface area contributed by atoms with Crippen LogP contribution in [0, 0.1) is 13.8 Å². The number of aromatic nitrogens is 3. The van der Waals surface area contributed by atoms with Crippen LogP contribution in [0.3, 0.4) is 0 Å². The fourth-order valence-corrected chi connectivity index (χ4v) is 5.14. The van der Waals surface area contributed by atoms with Crippen LogP contribution in [0.25, 0.3) is 16.1 Å². The van der Waals surface area contributed by atoms with Crippen LogP contribution in [0.4, 0.5) is 11.5 Å². The lowest BCUT2D eigenvalue weighted by Crippen LogP contribution is -2.17. The number of thiophene rings is 1. The van der Waals surface area contributed by atoms with Gasteiger partial charge in [-0.3, -0.25) is 9.30 Å². The van der Waals surface area contributed by atoms with Gasteiger partial charge in [0.25, 0.3) is 0 Å². The molecule has 7 heteroatoms. The molecule has 0 spiro atoms. The maximum Gasteiger partial charge on any atom is 0.156 e. The summed E-state index contributed by atoms with van der Waals surface area (Å²) in [7, 11) is 0. The average Bonchev–Trinajstić information content (AvgIpc) is 3.47. The Morgan fingerprint density at radius 1 is 1.03 bits per heavy atom. The molecule has 30 heavy (non-hydrogen) atoms. The van der Waals surface area contributed by atoms with Crippen molar-refractivity contribution in [2.24, 2.45) is 0 Å². The summed E-state index contributed by atoms with van der Waals surface area (Å²) < 4.78 is 2.13. The van der Waals surface area contributed by atoms with Crippen molar-refractivity contribution < 1.29 is 0 Å². The van der Waals surface area contributed by atoms with E-state index >= 15 is 0 Å². The summed E-state index contributed by atoms with van der Waals surface area (Å²) in [6.45, 7) is 7.73. The maximum absolute atomic E-state index is 4.77. The van der Waals surface area contributed by atoms with Gasteiger partial charge in [-0.25, -0.2) is 9.97 Å². The van der Waals surface area contributed by atoms with E-state index < -0.39 is 0 Å². The Morgan fingerprint density at radius 3 is 2.57 bits per heavy atom. The predicted molar refractivity (Wildman–Crippen MR) is 127 cm³/mol. The Bertz CT molecular complexity index is 1140. The van der Waals surface area contributed by atoms with E-state index in [0.717, 1.165) is 29.3 Å². The van der Waals surface area contributed by atoms with Gasteiger partial charge in [0.05, 0.1) is 29.3 Å². The quantitative estimate of drug-likeness (QED) is 0.424. The van der Waals surface area contributed by atoms with Gasteiger partial charge in [0, 0.05) is 17.1 Å². The molecule has 156 valence electrons. The Kier molecular flexibility index (Phi) is 6.09. The second kappa shape index (κ2) is 8.76. The Labute approximate surface area is 187 Å². The summed E-state index contributed by atoms with van der Waals surface area (Å²) in [6.07, 6.45) is 8.36. The summed E-state index contributed by atoms with van der Waals surface area (Å²) in [5.74, 6) is 0.831. The number of anilines is 2. The standard InChI is InChI=1S/C23H25N5S.ClH/c1-16-6-5-7-17(2)22(16)26-23-20-12-24-15-28(20)19(13-25-23)21-9-8-18(29-21)14-27-10-3-4-11-27;/h5-9,12-13,15H,3-4,10-11,14H2,1-2H3,(H,25,26);1H. The Balaban J connectivity index is 0.00000218. The molecule has 0 aliphatic carbocycles. The Morgan fingerprint density at radius 2 is 1.80 bits per heavy atom. The van der Waals surface area contributed by atoms with E-state index in [2.05, 4.69) is 63.8 Å². The molecule has 3 aromatic heterocycles. The van der Waals surface area contributed by atoms with Crippen LogP contribution >= 0.6 is 23.7 Å². The molecule has 1 N–H and O–H groups in total. The molecule has 0 amide bonds. The first-order chi connectivity index (χ1) is 14.2. The third kappa shape index (κ3) is 3.95. The number of fused-ring (bicyclic) bond motifs is 1. The van der Waals surface area contributed by atoms with Crippen LogP contribution < -0.4 is 5.32 Å². The highest BCUT2D eigenvalue weighted by Gasteiger charge is 2.16. The van der Waals surface area contributed by atoms with Gasteiger partial charge in [0.2, 0.25) is 0 Å². The number of nitrogens with zero attached hydrogens (tertiary/aromatic N) is 4. The van der Waals surface area contributed by atoms with E-state index in [4.69, 9.17) is 4.98 Å². The average molecular weight is 440 g/mol. The predicted octanol–water partition coefficient (Wildman–Crippen LogP) is 5.84. The van der Waals surface area contributed by atoms with Crippen molar-refractivity contribution in [2.75, 3.05) is 18.4 Å². The van der Waals surface area contributed by atoms with Crippen LogP contribution in [0.15, 0.2) is 49.1 Å². The number of imidazole rings is 1. The molecule has 1 fully saturated rings. The first-order valence-corrected chi connectivity index (χ1v) is 11.0. The van der Waals surface area contributed by atoms with Gasteiger partial charge in [0.1, 0.15) is 5.52 Å². The van der Waals surface area contributed by atoms with Crippen LogP contribution in [0.1, 0.15) is 28.8 Å². The lowest BCUT2D eigenvalue weighted by Gasteiger charge is -2.14. The molecule has 1 aromatic carbocycles. The molecule has 0 atom stereocenters. The van der Waals surface area contributed by atoms with Gasteiger partial charge < -0.3 is 5.32 Å². The molecule has 4 heterocycles. The van der Waals surface area contributed by atoms with Crippen LogP contribution in [0.5, 0.6) is 0 Å². The van der Waals surface area contributed by atoms with E-state index in [-0.39, 0.29) is 12.4 Å². The molecular weight excluding hydrogens is 414 g/mol. The van der Waals surface area contributed by atoms with E-state index in [1.54, 1.807) is 0 Å². The van der Waals surface area contributed by atoms with Gasteiger partial charge in [-0.05, 0) is 63.0 Å². The topological polar surface area (TPSA) is 45.5 Å². The van der Waals surface area contributed by atoms with Gasteiger partial charge >= 0.3 is 0 Å². The normalized spacial score (nSPS) is 14.2. The highest BCUT2D eigenvalue weighted by molar-refractivity contribution is 7.15. The van der Waals surface area contributed by atoms with Gasteiger partial charge in [-0.2, -0.15) is 0 Å². The monoisotopic (exact) mass is 439 g/mol. The number of aryl methyl sites for hydroxylation is 2. The molecular formula is C23H26ClN5S. The minimum Gasteiger partial charge on any atom is -0.338 e. The summed E-state index contributed by atoms with van der Waals surface area (Å²) >= 11 is 1.86. The van der Waals surface area contributed by atoms with Crippen molar-refractivity contribution >= 4 is 40.8 Å². The highest BCUT2D eigenvalue weighted by atomic mass is 35.5. The zero-order chi connectivity index (χ0) is 19.8. The van der Waals surface area contributed by atoms with Crippen molar-refractivity contribution in [3.05, 3.63) is 65.1 Å². The molecule has 1 aliphatic heterocycles. The molecule has 4 aromatic rings. The summed E-state index contributed by atoms with van der Waals surface area (Å²) in [6, 6.07) is 10.8. The third-order valence-electron chi connectivity index (χ3n) is 5.67. The van der Waals surface area contributed by atoms with E-state index in [1.807, 2.05) is 30.1 Å². The molecule has 1 aliphatic rings.